The Balaban J connectivity index is 2.73. The van der Waals surface area contributed by atoms with E-state index >= 15 is 0 Å². The summed E-state index contributed by atoms with van der Waals surface area (Å²) in [5, 5.41) is 14.2. The molecule has 1 aromatic carbocycles. The van der Waals surface area contributed by atoms with E-state index in [1.165, 1.54) is 6.07 Å². The second-order valence-electron chi connectivity index (χ2n) is 3.77. The lowest BCUT2D eigenvalue weighted by Gasteiger charge is -2.12. The van der Waals surface area contributed by atoms with Gasteiger partial charge in [-0.15, -0.1) is 0 Å². The molecule has 0 aliphatic heterocycles. The van der Waals surface area contributed by atoms with Crippen molar-refractivity contribution in [3.8, 4) is 0 Å². The molecule has 0 aliphatic carbocycles. The summed E-state index contributed by atoms with van der Waals surface area (Å²) < 4.78 is 0.727. The van der Waals surface area contributed by atoms with Gasteiger partial charge in [0.25, 0.3) is 5.69 Å². The Kier molecular flexibility index (Phi) is 5.94. The van der Waals surface area contributed by atoms with Crippen molar-refractivity contribution in [1.29, 1.82) is 0 Å². The van der Waals surface area contributed by atoms with E-state index in [4.69, 9.17) is 0 Å². The van der Waals surface area contributed by atoms with Gasteiger partial charge in [0.2, 0.25) is 0 Å². The molecule has 0 aromatic heterocycles. The third-order valence-electron chi connectivity index (χ3n) is 2.30. The first-order valence-corrected chi connectivity index (χ1v) is 7.38. The summed E-state index contributed by atoms with van der Waals surface area (Å²) in [5.41, 5.74) is 0.870. The Labute approximate surface area is 113 Å². The summed E-state index contributed by atoms with van der Waals surface area (Å²) in [7, 11) is 0. The van der Waals surface area contributed by atoms with Crippen LogP contribution in [0.3, 0.4) is 0 Å². The number of nitro groups is 1. The number of thioether (sulfide) groups is 1. The van der Waals surface area contributed by atoms with Gasteiger partial charge in [-0.1, -0.05) is 15.9 Å². The Morgan fingerprint density at radius 1 is 1.59 bits per heavy atom. The molecule has 0 saturated carbocycles. The number of nitrogens with zero attached hydrogens (tertiary/aromatic N) is 1. The maximum atomic E-state index is 10.9. The summed E-state index contributed by atoms with van der Waals surface area (Å²) >= 11 is 5.00. The Morgan fingerprint density at radius 2 is 2.29 bits per heavy atom. The predicted molar refractivity (Wildman–Crippen MR) is 75.5 cm³/mol. The lowest BCUT2D eigenvalue weighted by atomic mass is 10.1. The first-order chi connectivity index (χ1) is 8.04. The number of hydrogen-bond donors (Lipinski definition) is 1. The Hall–Kier alpha value is -0.590. The van der Waals surface area contributed by atoms with Gasteiger partial charge in [-0.25, -0.2) is 0 Å². The normalized spacial score (nSPS) is 12.4. The first-order valence-electron chi connectivity index (χ1n) is 5.19. The molecular formula is C11H15BrN2O2S. The monoisotopic (exact) mass is 318 g/mol. The van der Waals surface area contributed by atoms with Crippen molar-refractivity contribution in [1.82, 2.24) is 5.32 Å². The van der Waals surface area contributed by atoms with Crippen LogP contribution in [0.15, 0.2) is 22.7 Å². The minimum Gasteiger partial charge on any atom is -0.309 e. The van der Waals surface area contributed by atoms with E-state index in [0.717, 1.165) is 10.2 Å². The molecular weight excluding hydrogens is 304 g/mol. The molecule has 0 radical (unpaired) electrons. The highest BCUT2D eigenvalue weighted by Gasteiger charge is 2.14. The van der Waals surface area contributed by atoms with Crippen LogP contribution in [0.1, 0.15) is 12.5 Å². The zero-order chi connectivity index (χ0) is 12.8. The SMILES string of the molecule is CSCC(C)NCc1ccc(Br)cc1[N+](=O)[O-]. The molecule has 0 spiro atoms. The Morgan fingerprint density at radius 3 is 2.88 bits per heavy atom. The molecule has 4 nitrogen and oxygen atoms in total. The molecule has 0 fully saturated rings. The van der Waals surface area contributed by atoms with Crippen LogP contribution in [0.5, 0.6) is 0 Å². The van der Waals surface area contributed by atoms with Crippen LogP contribution in [0.25, 0.3) is 0 Å². The molecule has 94 valence electrons. The third-order valence-corrected chi connectivity index (χ3v) is 3.63. The fraction of sp³-hybridized carbons (Fsp3) is 0.455. The second-order valence-corrected chi connectivity index (χ2v) is 5.59. The van der Waals surface area contributed by atoms with Crippen molar-refractivity contribution < 1.29 is 4.92 Å². The van der Waals surface area contributed by atoms with Crippen LogP contribution in [-0.4, -0.2) is 23.0 Å². The van der Waals surface area contributed by atoms with Crippen LogP contribution in [0.2, 0.25) is 0 Å². The molecule has 1 N–H and O–H groups in total. The molecule has 17 heavy (non-hydrogen) atoms. The predicted octanol–water partition coefficient (Wildman–Crippen LogP) is 3.20. The van der Waals surface area contributed by atoms with Gasteiger partial charge in [0.15, 0.2) is 0 Å². The van der Waals surface area contributed by atoms with Crippen LogP contribution in [0, 0.1) is 10.1 Å². The van der Waals surface area contributed by atoms with Gasteiger partial charge in [0.05, 0.1) is 4.92 Å². The minimum atomic E-state index is -0.346. The highest BCUT2D eigenvalue weighted by Crippen LogP contribution is 2.23. The van der Waals surface area contributed by atoms with E-state index in [2.05, 4.69) is 28.2 Å². The van der Waals surface area contributed by atoms with Gasteiger partial charge in [-0.2, -0.15) is 11.8 Å². The maximum absolute atomic E-state index is 10.9. The molecule has 6 heteroatoms. The van der Waals surface area contributed by atoms with E-state index in [1.807, 2.05) is 12.3 Å². The second kappa shape index (κ2) is 6.98. The third kappa shape index (κ3) is 4.65. The van der Waals surface area contributed by atoms with Crippen molar-refractivity contribution in [2.24, 2.45) is 0 Å². The van der Waals surface area contributed by atoms with E-state index < -0.39 is 0 Å². The van der Waals surface area contributed by atoms with Gasteiger partial charge < -0.3 is 5.32 Å². The van der Waals surface area contributed by atoms with Crippen LogP contribution in [-0.2, 0) is 6.54 Å². The molecule has 1 atom stereocenters. The van der Waals surface area contributed by atoms with E-state index in [0.29, 0.717) is 18.2 Å². The zero-order valence-electron chi connectivity index (χ0n) is 9.77. The van der Waals surface area contributed by atoms with Gasteiger partial charge in [-0.3, -0.25) is 10.1 Å². The summed E-state index contributed by atoms with van der Waals surface area (Å²) in [6, 6.07) is 5.48. The fourth-order valence-electron chi connectivity index (χ4n) is 1.45. The summed E-state index contributed by atoms with van der Waals surface area (Å²) in [4.78, 5) is 10.6. The highest BCUT2D eigenvalue weighted by atomic mass is 79.9. The smallest absolute Gasteiger partial charge is 0.275 e. The lowest BCUT2D eigenvalue weighted by molar-refractivity contribution is -0.385. The van der Waals surface area contributed by atoms with E-state index in [9.17, 15) is 10.1 Å². The number of nitrogens with one attached hydrogen (secondary N) is 1. The molecule has 0 amide bonds. The topological polar surface area (TPSA) is 55.2 Å². The van der Waals surface area contributed by atoms with E-state index in [-0.39, 0.29) is 10.6 Å². The standard InChI is InChI=1S/C11H15BrN2O2S/c1-8(7-17-2)13-6-9-3-4-10(12)5-11(9)14(15)16/h3-5,8,13H,6-7H2,1-2H3. The number of halogens is 1. The maximum Gasteiger partial charge on any atom is 0.275 e. The molecule has 0 bridgehead atoms. The average molecular weight is 319 g/mol. The zero-order valence-corrected chi connectivity index (χ0v) is 12.2. The van der Waals surface area contributed by atoms with Crippen LogP contribution in [0.4, 0.5) is 5.69 Å². The summed E-state index contributed by atoms with van der Waals surface area (Å²) in [5.74, 6) is 0.990. The molecule has 1 unspecified atom stereocenters. The van der Waals surface area contributed by atoms with Crippen LogP contribution >= 0.6 is 27.7 Å². The van der Waals surface area contributed by atoms with Gasteiger partial charge in [-0.05, 0) is 25.3 Å². The Bertz CT molecular complexity index is 401. The van der Waals surface area contributed by atoms with Crippen LogP contribution < -0.4 is 5.32 Å². The van der Waals surface area contributed by atoms with Gasteiger partial charge in [0.1, 0.15) is 0 Å². The van der Waals surface area contributed by atoms with Crippen molar-refractivity contribution >= 4 is 33.4 Å². The molecule has 0 aliphatic rings. The van der Waals surface area contributed by atoms with E-state index in [1.54, 1.807) is 17.8 Å². The van der Waals surface area contributed by atoms with Gasteiger partial charge in [0, 0.05) is 34.4 Å². The number of rotatable bonds is 6. The largest absolute Gasteiger partial charge is 0.309 e. The molecule has 0 saturated heterocycles. The van der Waals surface area contributed by atoms with Crippen molar-refractivity contribution in [3.63, 3.8) is 0 Å². The summed E-state index contributed by atoms with van der Waals surface area (Å²) in [6.45, 7) is 2.59. The summed E-state index contributed by atoms with van der Waals surface area (Å²) in [6.07, 6.45) is 2.04. The minimum absolute atomic E-state index is 0.156. The van der Waals surface area contributed by atoms with Crippen molar-refractivity contribution in [3.05, 3.63) is 38.3 Å². The molecule has 1 aromatic rings. The number of nitro benzene ring substituents is 1. The van der Waals surface area contributed by atoms with Gasteiger partial charge >= 0.3 is 0 Å². The number of benzene rings is 1. The first kappa shape index (κ1) is 14.5. The molecule has 0 heterocycles. The fourth-order valence-corrected chi connectivity index (χ4v) is 2.42. The molecule has 1 rings (SSSR count). The van der Waals surface area contributed by atoms with Crippen molar-refractivity contribution in [2.75, 3.05) is 12.0 Å². The average Bonchev–Trinajstić information content (AvgIpc) is 2.27. The lowest BCUT2D eigenvalue weighted by Crippen LogP contribution is -2.27. The quantitative estimate of drug-likeness (QED) is 0.646. The highest BCUT2D eigenvalue weighted by molar-refractivity contribution is 9.10. The number of hydrogen-bond acceptors (Lipinski definition) is 4. The van der Waals surface area contributed by atoms with Crippen molar-refractivity contribution in [2.45, 2.75) is 19.5 Å².